The predicted octanol–water partition coefficient (Wildman–Crippen LogP) is 3.96. The molecule has 1 aromatic heterocycles. The van der Waals surface area contributed by atoms with Crippen LogP contribution in [0.1, 0.15) is 31.8 Å². The van der Waals surface area contributed by atoms with Gasteiger partial charge in [0.25, 0.3) is 11.8 Å². The van der Waals surface area contributed by atoms with Crippen molar-refractivity contribution >= 4 is 35.1 Å². The van der Waals surface area contributed by atoms with E-state index < -0.39 is 0 Å². The molecule has 0 fully saturated rings. The standard InChI is InChI=1S/C22H15N3O2/c1-24-18-13-15-9-6-12-23-20(15)25(21(26)14-7-3-2-4-8-14)17-11-5-10-16(19(17)18)22(24)27/h2-13H,1H3. The number of carbonyl (C=O) groups is 2. The molecule has 3 aromatic rings. The fourth-order valence-electron chi connectivity index (χ4n) is 3.69. The van der Waals surface area contributed by atoms with Crippen molar-refractivity contribution in [1.82, 2.24) is 9.88 Å². The molecule has 27 heavy (non-hydrogen) atoms. The summed E-state index contributed by atoms with van der Waals surface area (Å²) in [6, 6.07) is 18.3. The zero-order valence-electron chi connectivity index (χ0n) is 14.6. The van der Waals surface area contributed by atoms with Crippen LogP contribution in [0.4, 0.5) is 11.5 Å². The SMILES string of the molecule is CN1C(=O)c2cccc3c2C1=Cc1cccnc1N3C(=O)c1ccccc1. The molecule has 0 unspecified atom stereocenters. The second-order valence-corrected chi connectivity index (χ2v) is 6.52. The van der Waals surface area contributed by atoms with Crippen molar-refractivity contribution < 1.29 is 9.59 Å². The molecule has 0 saturated heterocycles. The van der Waals surface area contributed by atoms with Gasteiger partial charge < -0.3 is 4.90 Å². The minimum atomic E-state index is -0.180. The quantitative estimate of drug-likeness (QED) is 0.665. The van der Waals surface area contributed by atoms with Crippen LogP contribution >= 0.6 is 0 Å². The highest BCUT2D eigenvalue weighted by molar-refractivity contribution is 6.20. The largest absolute Gasteiger partial charge is 0.311 e. The number of aromatic nitrogens is 1. The molecular formula is C22H15N3O2. The average molecular weight is 353 g/mol. The Morgan fingerprint density at radius 2 is 1.78 bits per heavy atom. The molecule has 2 aromatic carbocycles. The first kappa shape index (κ1) is 15.5. The molecule has 0 N–H and O–H groups in total. The molecule has 5 rings (SSSR count). The third-order valence-corrected chi connectivity index (χ3v) is 4.98. The maximum atomic E-state index is 13.4. The van der Waals surface area contributed by atoms with Crippen molar-refractivity contribution in [3.63, 3.8) is 0 Å². The molecular weight excluding hydrogens is 338 g/mol. The lowest BCUT2D eigenvalue weighted by molar-refractivity contribution is 0.0874. The zero-order chi connectivity index (χ0) is 18.5. The van der Waals surface area contributed by atoms with E-state index >= 15 is 0 Å². The summed E-state index contributed by atoms with van der Waals surface area (Å²) in [6.45, 7) is 0. The first-order valence-electron chi connectivity index (χ1n) is 8.64. The maximum Gasteiger partial charge on any atom is 0.264 e. The van der Waals surface area contributed by atoms with E-state index in [0.29, 0.717) is 22.6 Å². The van der Waals surface area contributed by atoms with Crippen LogP contribution in [-0.2, 0) is 0 Å². The topological polar surface area (TPSA) is 53.5 Å². The van der Waals surface area contributed by atoms with Crippen molar-refractivity contribution in [2.24, 2.45) is 0 Å². The summed E-state index contributed by atoms with van der Waals surface area (Å²) >= 11 is 0. The number of hydrogen-bond donors (Lipinski definition) is 0. The Kier molecular flexibility index (Phi) is 3.24. The zero-order valence-corrected chi connectivity index (χ0v) is 14.6. The first-order chi connectivity index (χ1) is 13.2. The minimum absolute atomic E-state index is 0.0717. The Morgan fingerprint density at radius 3 is 2.59 bits per heavy atom. The summed E-state index contributed by atoms with van der Waals surface area (Å²) in [5.74, 6) is 0.306. The van der Waals surface area contributed by atoms with E-state index in [-0.39, 0.29) is 11.8 Å². The van der Waals surface area contributed by atoms with Gasteiger partial charge in [-0.1, -0.05) is 24.3 Å². The lowest BCUT2D eigenvalue weighted by atomic mass is 10.0. The Labute approximate surface area is 156 Å². The molecule has 130 valence electrons. The third kappa shape index (κ3) is 2.15. The maximum absolute atomic E-state index is 13.4. The van der Waals surface area contributed by atoms with Gasteiger partial charge >= 0.3 is 0 Å². The van der Waals surface area contributed by atoms with Crippen molar-refractivity contribution in [1.29, 1.82) is 0 Å². The number of anilines is 2. The summed E-state index contributed by atoms with van der Waals surface area (Å²) in [5.41, 5.74) is 4.17. The monoisotopic (exact) mass is 353 g/mol. The van der Waals surface area contributed by atoms with Gasteiger partial charge in [-0.25, -0.2) is 4.98 Å². The second-order valence-electron chi connectivity index (χ2n) is 6.52. The van der Waals surface area contributed by atoms with Crippen LogP contribution in [-0.4, -0.2) is 28.7 Å². The molecule has 2 amide bonds. The van der Waals surface area contributed by atoms with Crippen molar-refractivity contribution in [3.8, 4) is 0 Å². The molecule has 5 heteroatoms. The Balaban J connectivity index is 1.83. The van der Waals surface area contributed by atoms with Crippen molar-refractivity contribution in [2.45, 2.75) is 0 Å². The van der Waals surface area contributed by atoms with E-state index in [1.165, 1.54) is 0 Å². The van der Waals surface area contributed by atoms with Gasteiger partial charge in [0, 0.05) is 29.9 Å². The van der Waals surface area contributed by atoms with E-state index in [1.54, 1.807) is 41.2 Å². The fraction of sp³-hybridized carbons (Fsp3) is 0.0455. The van der Waals surface area contributed by atoms with Crippen LogP contribution in [0.2, 0.25) is 0 Å². The molecule has 2 aliphatic rings. The van der Waals surface area contributed by atoms with Crippen LogP contribution in [0, 0.1) is 0 Å². The molecule has 3 heterocycles. The lowest BCUT2D eigenvalue weighted by Gasteiger charge is -2.24. The highest BCUT2D eigenvalue weighted by atomic mass is 16.2. The van der Waals surface area contributed by atoms with Gasteiger partial charge in [0.15, 0.2) is 0 Å². The van der Waals surface area contributed by atoms with Crippen molar-refractivity contribution in [2.75, 3.05) is 11.9 Å². The van der Waals surface area contributed by atoms with Gasteiger partial charge in [-0.3, -0.25) is 14.5 Å². The Hall–Kier alpha value is -3.73. The number of hydrogen-bond acceptors (Lipinski definition) is 3. The van der Waals surface area contributed by atoms with Crippen LogP contribution in [0.15, 0.2) is 66.9 Å². The van der Waals surface area contributed by atoms with Gasteiger partial charge in [0.05, 0.1) is 16.9 Å². The minimum Gasteiger partial charge on any atom is -0.311 e. The number of pyridine rings is 1. The van der Waals surface area contributed by atoms with Crippen LogP contribution in [0.5, 0.6) is 0 Å². The molecule has 0 saturated carbocycles. The van der Waals surface area contributed by atoms with Gasteiger partial charge in [-0.2, -0.15) is 0 Å². The van der Waals surface area contributed by atoms with E-state index in [1.807, 2.05) is 48.5 Å². The fourth-order valence-corrected chi connectivity index (χ4v) is 3.69. The summed E-state index contributed by atoms with van der Waals surface area (Å²) in [6.07, 6.45) is 3.60. The van der Waals surface area contributed by atoms with Gasteiger partial charge in [-0.15, -0.1) is 0 Å². The van der Waals surface area contributed by atoms with E-state index in [2.05, 4.69) is 4.98 Å². The summed E-state index contributed by atoms with van der Waals surface area (Å²) < 4.78 is 0. The molecule has 2 aliphatic heterocycles. The van der Waals surface area contributed by atoms with Crippen LogP contribution in [0.25, 0.3) is 11.8 Å². The third-order valence-electron chi connectivity index (χ3n) is 4.98. The smallest absolute Gasteiger partial charge is 0.264 e. The number of carbonyl (C=O) groups excluding carboxylic acids is 2. The summed E-state index contributed by atoms with van der Waals surface area (Å²) in [4.78, 5) is 33.9. The molecule has 0 radical (unpaired) electrons. The van der Waals surface area contributed by atoms with E-state index in [0.717, 1.165) is 16.8 Å². The normalized spacial score (nSPS) is 14.4. The number of nitrogens with zero attached hydrogens (tertiary/aromatic N) is 3. The second kappa shape index (κ2) is 5.64. The number of amides is 2. The van der Waals surface area contributed by atoms with Crippen LogP contribution < -0.4 is 4.90 Å². The van der Waals surface area contributed by atoms with E-state index in [9.17, 15) is 9.59 Å². The predicted molar refractivity (Wildman–Crippen MR) is 104 cm³/mol. The number of rotatable bonds is 1. The van der Waals surface area contributed by atoms with Crippen LogP contribution in [0.3, 0.4) is 0 Å². The number of benzene rings is 2. The first-order valence-corrected chi connectivity index (χ1v) is 8.64. The summed E-state index contributed by atoms with van der Waals surface area (Å²) in [5, 5.41) is 0. The Bertz CT molecular complexity index is 1140. The molecule has 0 atom stereocenters. The molecule has 5 nitrogen and oxygen atoms in total. The average Bonchev–Trinajstić information content (AvgIpc) is 2.87. The molecule has 0 bridgehead atoms. The molecule has 0 spiro atoms. The molecule has 0 aliphatic carbocycles. The Morgan fingerprint density at radius 1 is 0.963 bits per heavy atom. The van der Waals surface area contributed by atoms with Gasteiger partial charge in [0.1, 0.15) is 5.82 Å². The van der Waals surface area contributed by atoms with E-state index in [4.69, 9.17) is 0 Å². The van der Waals surface area contributed by atoms with Crippen molar-refractivity contribution in [3.05, 3.63) is 89.1 Å². The van der Waals surface area contributed by atoms with Gasteiger partial charge in [-0.05, 0) is 42.5 Å². The highest BCUT2D eigenvalue weighted by Gasteiger charge is 2.37. The van der Waals surface area contributed by atoms with Gasteiger partial charge in [0.2, 0.25) is 0 Å². The lowest BCUT2D eigenvalue weighted by Crippen LogP contribution is -2.28. The number of fused-ring (bicyclic) bond motifs is 1. The summed E-state index contributed by atoms with van der Waals surface area (Å²) in [7, 11) is 1.75. The highest BCUT2D eigenvalue weighted by Crippen LogP contribution is 2.45.